The fraction of sp³-hybridized carbons (Fsp3) is 0.480. The van der Waals surface area contributed by atoms with Crippen LogP contribution in [0.1, 0.15) is 29.1 Å². The van der Waals surface area contributed by atoms with E-state index in [0.717, 1.165) is 33.3 Å². The van der Waals surface area contributed by atoms with Crippen LogP contribution in [-0.4, -0.2) is 74.5 Å². The number of rotatable bonds is 11. The van der Waals surface area contributed by atoms with Gasteiger partial charge in [0.05, 0.1) is 33.6 Å². The van der Waals surface area contributed by atoms with Gasteiger partial charge in [0, 0.05) is 25.3 Å². The van der Waals surface area contributed by atoms with E-state index in [1.54, 1.807) is 13.8 Å². The summed E-state index contributed by atoms with van der Waals surface area (Å²) in [6, 6.07) is 4.48. The zero-order valence-corrected chi connectivity index (χ0v) is 23.1. The summed E-state index contributed by atoms with van der Waals surface area (Å²) in [6.45, 7) is 2.08. The third-order valence-corrected chi connectivity index (χ3v) is 7.06. The first-order valence-corrected chi connectivity index (χ1v) is 13.4. The molecule has 1 aromatic heterocycles. The number of carbonyl (C=O) groups is 3. The molecule has 0 radical (unpaired) electrons. The molecule has 1 atom stereocenters. The first-order valence-electron chi connectivity index (χ1n) is 12.2. The van der Waals surface area contributed by atoms with Crippen LogP contribution in [0, 0.1) is 5.92 Å². The van der Waals surface area contributed by atoms with Gasteiger partial charge < -0.3 is 20.3 Å². The molecule has 15 heteroatoms. The number of amides is 3. The number of carbonyl (C=O) groups excluding carboxylic acids is 3. The molecule has 1 fully saturated rings. The molecule has 1 aliphatic rings. The van der Waals surface area contributed by atoms with Crippen LogP contribution in [-0.2, 0) is 20.5 Å². The van der Waals surface area contributed by atoms with Crippen molar-refractivity contribution in [3.05, 3.63) is 45.1 Å². The molecule has 0 bridgehead atoms. The van der Waals surface area contributed by atoms with Crippen molar-refractivity contribution in [1.29, 1.82) is 0 Å². The van der Waals surface area contributed by atoms with E-state index in [9.17, 15) is 36.3 Å². The minimum atomic E-state index is -4.92. The van der Waals surface area contributed by atoms with Gasteiger partial charge in [0.2, 0.25) is 5.91 Å². The maximum Gasteiger partial charge on any atom is 0.418 e. The molecule has 220 valence electrons. The highest BCUT2D eigenvalue weighted by molar-refractivity contribution is 7.18. The number of hydrogen-bond acceptors (Lipinski definition) is 6. The summed E-state index contributed by atoms with van der Waals surface area (Å²) in [4.78, 5) is 40.5. The normalized spacial score (nSPS) is 15.2. The molecule has 1 aromatic carbocycles. The average molecular weight is 611 g/mol. The summed E-state index contributed by atoms with van der Waals surface area (Å²) in [6.07, 6.45) is -7.77. The van der Waals surface area contributed by atoms with Crippen molar-refractivity contribution >= 4 is 52.0 Å². The number of anilines is 2. The molecule has 8 nitrogen and oxygen atoms in total. The lowest BCUT2D eigenvalue weighted by Crippen LogP contribution is -2.53. The predicted octanol–water partition coefficient (Wildman–Crippen LogP) is 4.74. The Balaban J connectivity index is 1.91. The lowest BCUT2D eigenvalue weighted by atomic mass is 10.1. The van der Waals surface area contributed by atoms with Gasteiger partial charge in [-0.3, -0.25) is 19.3 Å². The molecule has 0 spiro atoms. The highest BCUT2D eigenvalue weighted by atomic mass is 35.5. The van der Waals surface area contributed by atoms with E-state index in [0.29, 0.717) is 4.34 Å². The minimum absolute atomic E-state index is 0.00728. The SMILES string of the molecule is CC(C)CN(CC(F)F)[C@@H](CNC(=O)c1ccc(Cl)s1)C(=O)Nc1ccc(N2CCOCC2=O)cc1C(F)(F)F. The van der Waals surface area contributed by atoms with Gasteiger partial charge in [-0.25, -0.2) is 8.78 Å². The fourth-order valence-electron chi connectivity index (χ4n) is 4.13. The lowest BCUT2D eigenvalue weighted by molar-refractivity contribution is -0.137. The zero-order valence-electron chi connectivity index (χ0n) is 21.6. The molecule has 0 aliphatic carbocycles. The number of nitrogens with zero attached hydrogens (tertiary/aromatic N) is 2. The van der Waals surface area contributed by atoms with Crippen LogP contribution < -0.4 is 15.5 Å². The van der Waals surface area contributed by atoms with Crippen molar-refractivity contribution in [3.8, 4) is 0 Å². The molecular weight excluding hydrogens is 583 g/mol. The second-order valence-corrected chi connectivity index (χ2v) is 11.1. The van der Waals surface area contributed by atoms with Gasteiger partial charge in [0.25, 0.3) is 18.2 Å². The fourth-order valence-corrected chi connectivity index (χ4v) is 5.09. The number of benzene rings is 1. The van der Waals surface area contributed by atoms with Crippen molar-refractivity contribution < 1.29 is 41.1 Å². The zero-order chi connectivity index (χ0) is 29.6. The number of ether oxygens (including phenoxy) is 1. The Morgan fingerprint density at radius 1 is 1.18 bits per heavy atom. The van der Waals surface area contributed by atoms with Crippen LogP contribution >= 0.6 is 22.9 Å². The van der Waals surface area contributed by atoms with Crippen LogP contribution in [0.3, 0.4) is 0 Å². The van der Waals surface area contributed by atoms with Crippen LogP contribution in [0.4, 0.5) is 33.3 Å². The molecule has 3 rings (SSSR count). The van der Waals surface area contributed by atoms with Crippen molar-refractivity contribution in [2.75, 3.05) is 49.6 Å². The number of nitrogens with one attached hydrogen (secondary N) is 2. The molecule has 0 unspecified atom stereocenters. The van der Waals surface area contributed by atoms with Gasteiger partial charge in [-0.2, -0.15) is 13.2 Å². The van der Waals surface area contributed by atoms with Crippen LogP contribution in [0.15, 0.2) is 30.3 Å². The quantitative estimate of drug-likeness (QED) is 0.359. The van der Waals surface area contributed by atoms with E-state index in [4.69, 9.17) is 16.3 Å². The van der Waals surface area contributed by atoms with Crippen molar-refractivity contribution in [1.82, 2.24) is 10.2 Å². The summed E-state index contributed by atoms with van der Waals surface area (Å²) in [7, 11) is 0. The summed E-state index contributed by atoms with van der Waals surface area (Å²) in [5, 5.41) is 4.70. The largest absolute Gasteiger partial charge is 0.418 e. The highest BCUT2D eigenvalue weighted by Gasteiger charge is 2.37. The maximum absolute atomic E-state index is 14.0. The summed E-state index contributed by atoms with van der Waals surface area (Å²) in [5.74, 6) is -2.34. The van der Waals surface area contributed by atoms with Gasteiger partial charge in [-0.15, -0.1) is 11.3 Å². The van der Waals surface area contributed by atoms with E-state index in [-0.39, 0.29) is 42.8 Å². The molecule has 1 aliphatic heterocycles. The third-order valence-electron chi connectivity index (χ3n) is 5.83. The number of alkyl halides is 5. The van der Waals surface area contributed by atoms with Crippen LogP contribution in [0.5, 0.6) is 0 Å². The molecule has 2 aromatic rings. The Hall–Kier alpha value is -2.81. The van der Waals surface area contributed by atoms with E-state index >= 15 is 0 Å². The molecule has 0 saturated carbocycles. The van der Waals surface area contributed by atoms with E-state index in [2.05, 4.69) is 10.6 Å². The molecule has 2 N–H and O–H groups in total. The van der Waals surface area contributed by atoms with Gasteiger partial charge in [-0.05, 0) is 36.2 Å². The first-order chi connectivity index (χ1) is 18.8. The van der Waals surface area contributed by atoms with Crippen molar-refractivity contribution in [2.45, 2.75) is 32.5 Å². The molecule has 1 saturated heterocycles. The van der Waals surface area contributed by atoms with E-state index in [1.807, 2.05) is 0 Å². The van der Waals surface area contributed by atoms with Gasteiger partial charge in [0.15, 0.2) is 0 Å². The Kier molecular flexibility index (Phi) is 10.9. The summed E-state index contributed by atoms with van der Waals surface area (Å²) in [5.41, 5.74) is -1.88. The minimum Gasteiger partial charge on any atom is -0.370 e. The number of halogens is 6. The smallest absolute Gasteiger partial charge is 0.370 e. The second kappa shape index (κ2) is 13.7. The second-order valence-electron chi connectivity index (χ2n) is 9.38. The van der Waals surface area contributed by atoms with Gasteiger partial charge in [-0.1, -0.05) is 25.4 Å². The maximum atomic E-state index is 14.0. The Morgan fingerprint density at radius 2 is 1.90 bits per heavy atom. The Labute approximate surface area is 236 Å². The Morgan fingerprint density at radius 3 is 2.48 bits per heavy atom. The monoisotopic (exact) mass is 610 g/mol. The van der Waals surface area contributed by atoms with E-state index in [1.165, 1.54) is 18.2 Å². The van der Waals surface area contributed by atoms with Crippen molar-refractivity contribution in [3.63, 3.8) is 0 Å². The van der Waals surface area contributed by atoms with Crippen molar-refractivity contribution in [2.24, 2.45) is 5.92 Å². The van der Waals surface area contributed by atoms with Gasteiger partial charge in [0.1, 0.15) is 12.6 Å². The first kappa shape index (κ1) is 31.7. The highest BCUT2D eigenvalue weighted by Crippen LogP contribution is 2.38. The predicted molar refractivity (Wildman–Crippen MR) is 141 cm³/mol. The molecule has 40 heavy (non-hydrogen) atoms. The van der Waals surface area contributed by atoms with Crippen LogP contribution in [0.2, 0.25) is 4.34 Å². The standard InChI is InChI=1S/C25H28ClF5N4O4S/c1-14(2)11-34(12-21(27)28)18(10-32-24(38)19-5-6-20(26)40-19)23(37)33-17-4-3-15(9-16(17)25(29,30)31)35-7-8-39-13-22(35)36/h3-6,9,14,18,21H,7-8,10-13H2,1-2H3,(H,32,38)(H,33,37)/t18-/m0/s1. The summed E-state index contributed by atoms with van der Waals surface area (Å²) >= 11 is 6.82. The lowest BCUT2D eigenvalue weighted by Gasteiger charge is -2.32. The van der Waals surface area contributed by atoms with Crippen LogP contribution in [0.25, 0.3) is 0 Å². The number of thiophene rings is 1. The molecular formula is C25H28ClF5N4O4S. The van der Waals surface area contributed by atoms with E-state index < -0.39 is 60.7 Å². The Bertz CT molecular complexity index is 1200. The average Bonchev–Trinajstić information content (AvgIpc) is 3.29. The molecule has 3 amide bonds. The van der Waals surface area contributed by atoms with Gasteiger partial charge >= 0.3 is 6.18 Å². The number of hydrogen-bond donors (Lipinski definition) is 2. The summed E-state index contributed by atoms with van der Waals surface area (Å²) < 4.78 is 74.4. The number of morpholine rings is 1. The molecule has 2 heterocycles. The topological polar surface area (TPSA) is 91.0 Å². The third kappa shape index (κ3) is 8.59.